The average Bonchev–Trinajstić information content (AvgIpc) is 2.81. The van der Waals surface area contributed by atoms with Gasteiger partial charge in [-0.3, -0.25) is 4.79 Å². The second-order valence-corrected chi connectivity index (χ2v) is 8.56. The smallest absolute Gasteiger partial charge is 0.227 e. The molecule has 0 fully saturated rings. The molecule has 0 saturated carbocycles. The molecular formula is C28H31NO4. The van der Waals surface area contributed by atoms with Crippen LogP contribution in [0.15, 0.2) is 60.7 Å². The number of carbonyl (C=O) groups excluding carboxylic acids is 1. The second-order valence-electron chi connectivity index (χ2n) is 8.56. The molecular weight excluding hydrogens is 414 g/mol. The Labute approximate surface area is 195 Å². The minimum absolute atomic E-state index is 0.0932. The number of rotatable bonds is 7. The van der Waals surface area contributed by atoms with Crippen LogP contribution in [0.5, 0.6) is 17.2 Å². The topological polar surface area (TPSA) is 48.0 Å². The Balaban J connectivity index is 1.66. The molecule has 1 atom stereocenters. The van der Waals surface area contributed by atoms with E-state index in [4.69, 9.17) is 14.2 Å². The van der Waals surface area contributed by atoms with E-state index >= 15 is 0 Å². The molecule has 33 heavy (non-hydrogen) atoms. The maximum atomic E-state index is 13.4. The molecule has 1 heterocycles. The van der Waals surface area contributed by atoms with Crippen molar-refractivity contribution in [3.63, 3.8) is 0 Å². The van der Waals surface area contributed by atoms with Crippen LogP contribution in [0, 0.1) is 13.8 Å². The molecule has 3 aromatic rings. The Bertz CT molecular complexity index is 1110. The number of aryl methyl sites for hydroxylation is 2. The Kier molecular flexibility index (Phi) is 6.87. The highest BCUT2D eigenvalue weighted by atomic mass is 16.5. The first-order valence-electron chi connectivity index (χ1n) is 11.3. The lowest BCUT2D eigenvalue weighted by Crippen LogP contribution is -2.43. The zero-order chi connectivity index (χ0) is 23.4. The van der Waals surface area contributed by atoms with Gasteiger partial charge < -0.3 is 19.1 Å². The van der Waals surface area contributed by atoms with E-state index in [1.54, 1.807) is 14.2 Å². The summed E-state index contributed by atoms with van der Waals surface area (Å²) in [6.07, 6.45) is 1.12. The molecule has 0 aromatic heterocycles. The van der Waals surface area contributed by atoms with E-state index < -0.39 is 0 Å². The fraction of sp³-hybridized carbons (Fsp3) is 0.321. The molecule has 1 aliphatic heterocycles. The summed E-state index contributed by atoms with van der Waals surface area (Å²) in [7, 11) is 3.27. The molecule has 3 aromatic carbocycles. The Morgan fingerprint density at radius 1 is 0.939 bits per heavy atom. The van der Waals surface area contributed by atoms with E-state index in [1.165, 1.54) is 0 Å². The van der Waals surface area contributed by atoms with Gasteiger partial charge in [0.1, 0.15) is 12.4 Å². The van der Waals surface area contributed by atoms with Gasteiger partial charge in [-0.15, -0.1) is 0 Å². The molecule has 5 heteroatoms. The standard InChI is InChI=1S/C28H31NO4/c1-19-12-20(2)14-23(13-19)33-18-25-24-17-27(32-4)26(31-3)16-22(24)10-11-29(25)28(30)15-21-8-6-5-7-9-21/h5-9,12-14,16-17,25H,10-11,15,18H2,1-4H3/t25-/m0/s1. The van der Waals surface area contributed by atoms with Crippen molar-refractivity contribution in [2.75, 3.05) is 27.4 Å². The summed E-state index contributed by atoms with van der Waals surface area (Å²) in [5.41, 5.74) is 5.51. The van der Waals surface area contributed by atoms with Crippen molar-refractivity contribution in [2.24, 2.45) is 0 Å². The first kappa shape index (κ1) is 22.7. The van der Waals surface area contributed by atoms with E-state index in [2.05, 4.69) is 19.9 Å². The molecule has 1 aliphatic rings. The third-order valence-corrected chi connectivity index (χ3v) is 6.12. The fourth-order valence-electron chi connectivity index (χ4n) is 4.57. The van der Waals surface area contributed by atoms with Crippen molar-refractivity contribution in [1.82, 2.24) is 4.90 Å². The highest BCUT2D eigenvalue weighted by Crippen LogP contribution is 2.38. The molecule has 0 radical (unpaired) electrons. The van der Waals surface area contributed by atoms with E-state index in [9.17, 15) is 4.79 Å². The van der Waals surface area contributed by atoms with Gasteiger partial charge in [-0.1, -0.05) is 36.4 Å². The quantitative estimate of drug-likeness (QED) is 0.510. The van der Waals surface area contributed by atoms with Gasteiger partial charge in [0, 0.05) is 6.54 Å². The number of hydrogen-bond acceptors (Lipinski definition) is 4. The van der Waals surface area contributed by atoms with Crippen molar-refractivity contribution in [3.8, 4) is 17.2 Å². The molecule has 0 unspecified atom stereocenters. The molecule has 0 aliphatic carbocycles. The average molecular weight is 446 g/mol. The SMILES string of the molecule is COc1cc2c(cc1OC)[C@H](COc1cc(C)cc(C)c1)N(C(=O)Cc1ccccc1)CC2. The summed E-state index contributed by atoms with van der Waals surface area (Å²) in [5, 5.41) is 0. The molecule has 4 rings (SSSR count). The molecule has 5 nitrogen and oxygen atoms in total. The second kappa shape index (κ2) is 9.99. The van der Waals surface area contributed by atoms with Crippen LogP contribution in [0.4, 0.5) is 0 Å². The van der Waals surface area contributed by atoms with Gasteiger partial charge in [0.25, 0.3) is 0 Å². The van der Waals surface area contributed by atoms with Crippen LogP contribution in [0.2, 0.25) is 0 Å². The van der Waals surface area contributed by atoms with Gasteiger partial charge >= 0.3 is 0 Å². The predicted octanol–water partition coefficient (Wildman–Crippen LogP) is 5.07. The van der Waals surface area contributed by atoms with E-state index in [1.807, 2.05) is 59.5 Å². The van der Waals surface area contributed by atoms with E-state index in [-0.39, 0.29) is 11.9 Å². The van der Waals surface area contributed by atoms with Crippen molar-refractivity contribution in [1.29, 1.82) is 0 Å². The lowest BCUT2D eigenvalue weighted by Gasteiger charge is -2.37. The Hall–Kier alpha value is -3.47. The monoisotopic (exact) mass is 445 g/mol. The van der Waals surface area contributed by atoms with Crippen molar-refractivity contribution >= 4 is 5.91 Å². The van der Waals surface area contributed by atoms with Crippen LogP contribution >= 0.6 is 0 Å². The predicted molar refractivity (Wildman–Crippen MR) is 129 cm³/mol. The maximum absolute atomic E-state index is 13.4. The summed E-state index contributed by atoms with van der Waals surface area (Å²) >= 11 is 0. The summed E-state index contributed by atoms with van der Waals surface area (Å²) < 4.78 is 17.3. The number of carbonyl (C=O) groups is 1. The van der Waals surface area contributed by atoms with Gasteiger partial charge in [-0.05, 0) is 72.4 Å². The highest BCUT2D eigenvalue weighted by molar-refractivity contribution is 5.79. The molecule has 172 valence electrons. The van der Waals surface area contributed by atoms with Gasteiger partial charge in [-0.2, -0.15) is 0 Å². The van der Waals surface area contributed by atoms with Crippen LogP contribution in [0.25, 0.3) is 0 Å². The summed E-state index contributed by atoms with van der Waals surface area (Å²) in [6, 6.07) is 19.9. The van der Waals surface area contributed by atoms with Crippen LogP contribution in [-0.4, -0.2) is 38.2 Å². The van der Waals surface area contributed by atoms with Crippen LogP contribution in [0.3, 0.4) is 0 Å². The molecule has 1 amide bonds. The first-order valence-corrected chi connectivity index (χ1v) is 11.3. The van der Waals surface area contributed by atoms with Crippen molar-refractivity contribution in [2.45, 2.75) is 32.7 Å². The van der Waals surface area contributed by atoms with Crippen molar-refractivity contribution < 1.29 is 19.0 Å². The van der Waals surface area contributed by atoms with E-state index in [0.29, 0.717) is 31.1 Å². The Morgan fingerprint density at radius 2 is 1.61 bits per heavy atom. The maximum Gasteiger partial charge on any atom is 0.227 e. The largest absolute Gasteiger partial charge is 0.493 e. The van der Waals surface area contributed by atoms with Crippen LogP contribution in [0.1, 0.15) is 33.9 Å². The van der Waals surface area contributed by atoms with Gasteiger partial charge in [-0.25, -0.2) is 0 Å². The summed E-state index contributed by atoms with van der Waals surface area (Å²) in [5.74, 6) is 2.27. The fourth-order valence-corrected chi connectivity index (χ4v) is 4.57. The number of benzene rings is 3. The number of fused-ring (bicyclic) bond motifs is 1. The molecule has 0 spiro atoms. The van der Waals surface area contributed by atoms with Crippen LogP contribution in [-0.2, 0) is 17.6 Å². The summed E-state index contributed by atoms with van der Waals surface area (Å²) in [6.45, 7) is 5.12. The van der Waals surface area contributed by atoms with Crippen LogP contribution < -0.4 is 14.2 Å². The summed E-state index contributed by atoms with van der Waals surface area (Å²) in [4.78, 5) is 15.3. The zero-order valence-corrected chi connectivity index (χ0v) is 19.8. The lowest BCUT2D eigenvalue weighted by atomic mass is 9.91. The normalized spacial score (nSPS) is 15.0. The third-order valence-electron chi connectivity index (χ3n) is 6.12. The third kappa shape index (κ3) is 5.14. The van der Waals surface area contributed by atoms with Gasteiger partial charge in [0.15, 0.2) is 11.5 Å². The number of methoxy groups -OCH3 is 2. The molecule has 0 bridgehead atoms. The highest BCUT2D eigenvalue weighted by Gasteiger charge is 2.32. The number of ether oxygens (including phenoxy) is 3. The first-order chi connectivity index (χ1) is 16.0. The van der Waals surface area contributed by atoms with Gasteiger partial charge in [0.2, 0.25) is 5.91 Å². The van der Waals surface area contributed by atoms with E-state index in [0.717, 1.165) is 40.0 Å². The minimum atomic E-state index is -0.217. The lowest BCUT2D eigenvalue weighted by molar-refractivity contribution is -0.134. The van der Waals surface area contributed by atoms with Crippen molar-refractivity contribution in [3.05, 3.63) is 88.5 Å². The number of hydrogen-bond donors (Lipinski definition) is 0. The molecule has 0 saturated heterocycles. The minimum Gasteiger partial charge on any atom is -0.493 e. The Morgan fingerprint density at radius 3 is 2.27 bits per heavy atom. The number of nitrogens with zero attached hydrogens (tertiary/aromatic N) is 1. The number of amides is 1. The van der Waals surface area contributed by atoms with Gasteiger partial charge in [0.05, 0.1) is 26.7 Å². The molecule has 0 N–H and O–H groups in total. The zero-order valence-electron chi connectivity index (χ0n) is 19.8.